The highest BCUT2D eigenvalue weighted by Crippen LogP contribution is 2.38. The summed E-state index contributed by atoms with van der Waals surface area (Å²) < 4.78 is 33.5. The van der Waals surface area contributed by atoms with Crippen molar-refractivity contribution in [1.82, 2.24) is 10.2 Å². The number of hydrogen-bond acceptors (Lipinski definition) is 6. The predicted octanol–water partition coefficient (Wildman–Crippen LogP) is 1.95. The smallest absolute Gasteiger partial charge is 0.352 e. The summed E-state index contributed by atoms with van der Waals surface area (Å²) in [5.74, 6) is -5.50. The van der Waals surface area contributed by atoms with E-state index < -0.39 is 17.4 Å². The Balaban J connectivity index is 2.12. The third-order valence-electron chi connectivity index (χ3n) is 3.48. The number of hydrogen-bond donors (Lipinski definition) is 2. The van der Waals surface area contributed by atoms with Crippen LogP contribution in [0.5, 0.6) is 0 Å². The second kappa shape index (κ2) is 5.78. The van der Waals surface area contributed by atoms with E-state index in [1.54, 1.807) is 0 Å². The molecule has 0 aromatic carbocycles. The SMILES string of the molecule is CC(C)(C)c1nnc(NC(=O)C(F)(F)C2(O)CCOCC2)s1. The largest absolute Gasteiger partial charge is 0.383 e. The van der Waals surface area contributed by atoms with Crippen molar-refractivity contribution in [1.29, 1.82) is 0 Å². The van der Waals surface area contributed by atoms with Crippen molar-refractivity contribution in [2.24, 2.45) is 0 Å². The van der Waals surface area contributed by atoms with Crippen LogP contribution in [-0.4, -0.2) is 45.9 Å². The molecule has 0 unspecified atom stereocenters. The first-order valence-electron chi connectivity index (χ1n) is 6.90. The predicted molar refractivity (Wildman–Crippen MR) is 77.2 cm³/mol. The Labute approximate surface area is 130 Å². The van der Waals surface area contributed by atoms with Crippen LogP contribution >= 0.6 is 11.3 Å². The van der Waals surface area contributed by atoms with Gasteiger partial charge in [0.15, 0.2) is 0 Å². The first-order valence-corrected chi connectivity index (χ1v) is 7.71. The highest BCUT2D eigenvalue weighted by Gasteiger charge is 2.58. The lowest BCUT2D eigenvalue weighted by molar-refractivity contribution is -0.209. The molecule has 0 radical (unpaired) electrons. The van der Waals surface area contributed by atoms with Crippen LogP contribution in [0.3, 0.4) is 0 Å². The number of nitrogens with zero attached hydrogens (tertiary/aromatic N) is 2. The molecule has 0 aliphatic carbocycles. The molecule has 1 aliphatic rings. The molecule has 1 aliphatic heterocycles. The minimum Gasteiger partial charge on any atom is -0.383 e. The van der Waals surface area contributed by atoms with E-state index in [1.807, 2.05) is 20.8 Å². The first-order chi connectivity index (χ1) is 10.1. The van der Waals surface area contributed by atoms with E-state index in [0.29, 0.717) is 5.01 Å². The van der Waals surface area contributed by atoms with Gasteiger partial charge in [-0.1, -0.05) is 32.1 Å². The molecule has 0 saturated carbocycles. The van der Waals surface area contributed by atoms with Crippen LogP contribution in [0.1, 0.15) is 38.6 Å². The van der Waals surface area contributed by atoms with Gasteiger partial charge in [0.2, 0.25) is 5.13 Å². The number of aliphatic hydroxyl groups is 1. The van der Waals surface area contributed by atoms with Gasteiger partial charge in [-0.25, -0.2) is 0 Å². The van der Waals surface area contributed by atoms with E-state index in [4.69, 9.17) is 4.74 Å². The summed E-state index contributed by atoms with van der Waals surface area (Å²) in [6.07, 6.45) is -0.590. The molecule has 124 valence electrons. The number of aromatic nitrogens is 2. The summed E-state index contributed by atoms with van der Waals surface area (Å²) in [6.45, 7) is 5.69. The maximum Gasteiger partial charge on any atom is 0.352 e. The number of ether oxygens (including phenoxy) is 1. The van der Waals surface area contributed by atoms with E-state index in [0.717, 1.165) is 11.3 Å². The quantitative estimate of drug-likeness (QED) is 0.882. The lowest BCUT2D eigenvalue weighted by Gasteiger charge is -2.37. The molecule has 0 spiro atoms. The lowest BCUT2D eigenvalue weighted by Crippen LogP contribution is -2.57. The third-order valence-corrected chi connectivity index (χ3v) is 4.74. The van der Waals surface area contributed by atoms with Crippen LogP contribution in [0.25, 0.3) is 0 Å². The van der Waals surface area contributed by atoms with Gasteiger partial charge in [0, 0.05) is 31.5 Å². The molecule has 6 nitrogen and oxygen atoms in total. The number of carbonyl (C=O) groups excluding carboxylic acids is 1. The Morgan fingerprint density at radius 1 is 1.32 bits per heavy atom. The van der Waals surface area contributed by atoms with Crippen LogP contribution in [0, 0.1) is 0 Å². The van der Waals surface area contributed by atoms with E-state index in [9.17, 15) is 18.7 Å². The zero-order valence-corrected chi connectivity index (χ0v) is 13.5. The van der Waals surface area contributed by atoms with Crippen molar-refractivity contribution in [2.75, 3.05) is 18.5 Å². The third kappa shape index (κ3) is 3.26. The highest BCUT2D eigenvalue weighted by atomic mass is 32.1. The van der Waals surface area contributed by atoms with Gasteiger partial charge in [-0.2, -0.15) is 8.78 Å². The molecule has 1 aromatic rings. The molecule has 1 aromatic heterocycles. The summed E-state index contributed by atoms with van der Waals surface area (Å²) in [6, 6.07) is 0. The van der Waals surface area contributed by atoms with Crippen LogP contribution in [0.4, 0.5) is 13.9 Å². The normalized spacial score (nSPS) is 19.0. The minimum atomic E-state index is -3.93. The first kappa shape index (κ1) is 17.2. The molecule has 0 atom stereocenters. The van der Waals surface area contributed by atoms with Crippen LogP contribution in [0.2, 0.25) is 0 Å². The Morgan fingerprint density at radius 2 is 1.91 bits per heavy atom. The van der Waals surface area contributed by atoms with Gasteiger partial charge in [-0.3, -0.25) is 10.1 Å². The van der Waals surface area contributed by atoms with Crippen LogP contribution in [-0.2, 0) is 14.9 Å². The van der Waals surface area contributed by atoms with Crippen molar-refractivity contribution in [3.8, 4) is 0 Å². The molecule has 1 fully saturated rings. The molecule has 22 heavy (non-hydrogen) atoms. The molecule has 2 N–H and O–H groups in total. The Morgan fingerprint density at radius 3 is 2.41 bits per heavy atom. The molecule has 1 amide bonds. The van der Waals surface area contributed by atoms with Crippen molar-refractivity contribution >= 4 is 22.4 Å². The second-order valence-corrected chi connectivity index (χ2v) is 7.31. The van der Waals surface area contributed by atoms with E-state index >= 15 is 0 Å². The minimum absolute atomic E-state index is 0.00759. The maximum atomic E-state index is 14.3. The summed E-state index contributed by atoms with van der Waals surface area (Å²) in [7, 11) is 0. The zero-order chi connectivity index (χ0) is 16.6. The lowest BCUT2D eigenvalue weighted by atomic mass is 9.87. The van der Waals surface area contributed by atoms with Gasteiger partial charge in [0.25, 0.3) is 5.91 Å². The Bertz CT molecular complexity index is 551. The number of anilines is 1. The molecular formula is C13H19F2N3O3S. The summed E-state index contributed by atoms with van der Waals surface area (Å²) in [5.41, 5.74) is -2.69. The molecule has 9 heteroatoms. The van der Waals surface area contributed by atoms with Crippen molar-refractivity contribution in [2.45, 2.75) is 50.6 Å². The fraction of sp³-hybridized carbons (Fsp3) is 0.769. The van der Waals surface area contributed by atoms with Gasteiger partial charge in [0.05, 0.1) is 0 Å². The van der Waals surface area contributed by atoms with Crippen molar-refractivity contribution < 1.29 is 23.4 Å². The highest BCUT2D eigenvalue weighted by molar-refractivity contribution is 7.15. The van der Waals surface area contributed by atoms with E-state index in [-0.39, 0.29) is 36.6 Å². The maximum absolute atomic E-state index is 14.3. The number of carbonyl (C=O) groups is 1. The van der Waals surface area contributed by atoms with Gasteiger partial charge in [0.1, 0.15) is 10.6 Å². The van der Waals surface area contributed by atoms with E-state index in [2.05, 4.69) is 15.5 Å². The topological polar surface area (TPSA) is 84.3 Å². The number of halogens is 2. The summed E-state index contributed by atoms with van der Waals surface area (Å²) in [4.78, 5) is 11.9. The fourth-order valence-electron chi connectivity index (χ4n) is 1.99. The number of amides is 1. The van der Waals surface area contributed by atoms with Gasteiger partial charge in [-0.15, -0.1) is 10.2 Å². The van der Waals surface area contributed by atoms with Crippen molar-refractivity contribution in [3.63, 3.8) is 0 Å². The van der Waals surface area contributed by atoms with Gasteiger partial charge < -0.3 is 9.84 Å². The van der Waals surface area contributed by atoms with Crippen LogP contribution in [0.15, 0.2) is 0 Å². The molecular weight excluding hydrogens is 316 g/mol. The Hall–Kier alpha value is -1.19. The zero-order valence-electron chi connectivity index (χ0n) is 12.7. The molecule has 2 heterocycles. The van der Waals surface area contributed by atoms with Crippen molar-refractivity contribution in [3.05, 3.63) is 5.01 Å². The molecule has 1 saturated heterocycles. The Kier molecular flexibility index (Phi) is 4.51. The average molecular weight is 335 g/mol. The van der Waals surface area contributed by atoms with Crippen LogP contribution < -0.4 is 5.32 Å². The summed E-state index contributed by atoms with van der Waals surface area (Å²) >= 11 is 1.04. The second-order valence-electron chi connectivity index (χ2n) is 6.33. The standard InChI is InChI=1S/C13H19F2N3O3S/c1-11(2,3)9-17-18-10(22-9)16-8(19)13(14,15)12(20)4-6-21-7-5-12/h20H,4-7H2,1-3H3,(H,16,18,19). The fourth-order valence-corrected chi connectivity index (χ4v) is 2.78. The number of nitrogens with one attached hydrogen (secondary N) is 1. The van der Waals surface area contributed by atoms with E-state index in [1.165, 1.54) is 0 Å². The number of rotatable bonds is 3. The van der Waals surface area contributed by atoms with Gasteiger partial charge in [-0.05, 0) is 0 Å². The van der Waals surface area contributed by atoms with Gasteiger partial charge >= 0.3 is 5.92 Å². The monoisotopic (exact) mass is 335 g/mol. The molecule has 2 rings (SSSR count). The average Bonchev–Trinajstić information content (AvgIpc) is 2.88. The number of alkyl halides is 2. The molecule has 0 bridgehead atoms. The summed E-state index contributed by atoms with van der Waals surface area (Å²) in [5, 5.41) is 20.3.